The highest BCUT2D eigenvalue weighted by Crippen LogP contribution is 2.24. The minimum Gasteiger partial charge on any atom is -0.507 e. The summed E-state index contributed by atoms with van der Waals surface area (Å²) >= 11 is 0. The van der Waals surface area contributed by atoms with Crippen LogP contribution in [0.1, 0.15) is 44.3 Å². The van der Waals surface area contributed by atoms with E-state index in [4.69, 9.17) is 0 Å². The lowest BCUT2D eigenvalue weighted by Gasteiger charge is -2.23. The van der Waals surface area contributed by atoms with E-state index in [0.717, 1.165) is 0 Å². The Morgan fingerprint density at radius 3 is 1.89 bits per heavy atom. The van der Waals surface area contributed by atoms with Gasteiger partial charge in [-0.3, -0.25) is 20.1 Å². The maximum Gasteiger partial charge on any atom is 0.335 e. The molecule has 11 nitrogen and oxygen atoms in total. The van der Waals surface area contributed by atoms with Gasteiger partial charge >= 0.3 is 11.9 Å². The van der Waals surface area contributed by atoms with E-state index in [1.54, 1.807) is 19.1 Å². The second-order valence-electron chi connectivity index (χ2n) is 8.48. The van der Waals surface area contributed by atoms with Gasteiger partial charge in [-0.2, -0.15) is 0 Å². The third-order valence-corrected chi connectivity index (χ3v) is 5.46. The fourth-order valence-electron chi connectivity index (χ4n) is 3.47. The molecule has 0 aliphatic carbocycles. The van der Waals surface area contributed by atoms with E-state index in [2.05, 4.69) is 9.98 Å². The zero-order valence-corrected chi connectivity index (χ0v) is 19.6. The number of rotatable bonds is 10. The zero-order chi connectivity index (χ0) is 27.2. The van der Waals surface area contributed by atoms with E-state index >= 15 is 0 Å². The second-order valence-corrected chi connectivity index (χ2v) is 8.48. The first kappa shape index (κ1) is 26.5. The highest BCUT2D eigenvalue weighted by atomic mass is 16.6. The Hall–Kier alpha value is -5.06. The molecule has 0 spiro atoms. The number of phenols is 2. The van der Waals surface area contributed by atoms with Crippen LogP contribution in [-0.4, -0.2) is 61.8 Å². The number of non-ortho nitro benzene ring substituents is 1. The topological polar surface area (TPSA) is 183 Å². The van der Waals surface area contributed by atoms with E-state index in [9.17, 15) is 40.1 Å². The number of carbonyl (C=O) groups is 2. The Balaban J connectivity index is 1.94. The van der Waals surface area contributed by atoms with Gasteiger partial charge in [0, 0.05) is 35.7 Å². The molecule has 190 valence electrons. The Morgan fingerprint density at radius 1 is 0.892 bits per heavy atom. The first-order valence-corrected chi connectivity index (χ1v) is 10.9. The first-order valence-electron chi connectivity index (χ1n) is 10.9. The molecule has 1 unspecified atom stereocenters. The number of phenolic OH excluding ortho intramolecular Hbond substituents is 2. The van der Waals surface area contributed by atoms with Crippen molar-refractivity contribution in [3.8, 4) is 11.5 Å². The predicted octanol–water partition coefficient (Wildman–Crippen LogP) is 3.94. The number of nitrogens with zero attached hydrogens (tertiary/aromatic N) is 3. The lowest BCUT2D eigenvalue weighted by molar-refractivity contribution is -0.384. The Kier molecular flexibility index (Phi) is 7.98. The molecule has 0 heterocycles. The number of carboxylic acid groups (broad SMARTS) is 2. The van der Waals surface area contributed by atoms with Crippen molar-refractivity contribution in [3.63, 3.8) is 0 Å². The molecular weight excluding hydrogens is 482 g/mol. The minimum atomic E-state index is -1.17. The van der Waals surface area contributed by atoms with Crippen LogP contribution in [0.3, 0.4) is 0 Å². The maximum atomic E-state index is 11.3. The van der Waals surface area contributed by atoms with Crippen molar-refractivity contribution >= 4 is 30.1 Å². The van der Waals surface area contributed by atoms with E-state index in [1.165, 1.54) is 61.0 Å². The van der Waals surface area contributed by atoms with Gasteiger partial charge in [-0.25, -0.2) is 9.59 Å². The van der Waals surface area contributed by atoms with E-state index in [0.29, 0.717) is 5.56 Å². The number of aromatic hydroxyl groups is 2. The molecule has 0 saturated carbocycles. The summed E-state index contributed by atoms with van der Waals surface area (Å²) in [6.45, 7) is 1.78. The lowest BCUT2D eigenvalue weighted by atomic mass is 9.93. The monoisotopic (exact) mass is 505 g/mol. The van der Waals surface area contributed by atoms with Gasteiger partial charge < -0.3 is 20.4 Å². The fraction of sp³-hybridized carbons (Fsp3) is 0.154. The Labute approximate surface area is 210 Å². The maximum absolute atomic E-state index is 11.3. The molecule has 0 aliphatic heterocycles. The van der Waals surface area contributed by atoms with Gasteiger partial charge in [-0.05, 0) is 55.3 Å². The van der Waals surface area contributed by atoms with E-state index in [1.807, 2.05) is 0 Å². The molecule has 3 aromatic rings. The number of nitro groups is 1. The number of hydrogen-bond acceptors (Lipinski definition) is 8. The average Bonchev–Trinajstić information content (AvgIpc) is 2.84. The molecule has 1 atom stereocenters. The molecular formula is C26H23N3O8. The molecule has 3 aromatic carbocycles. The summed E-state index contributed by atoms with van der Waals surface area (Å²) < 4.78 is 0. The van der Waals surface area contributed by atoms with Gasteiger partial charge in [-0.1, -0.05) is 12.1 Å². The zero-order valence-electron chi connectivity index (χ0n) is 19.6. The van der Waals surface area contributed by atoms with Gasteiger partial charge in [0.05, 0.1) is 28.1 Å². The summed E-state index contributed by atoms with van der Waals surface area (Å²) in [7, 11) is 0. The van der Waals surface area contributed by atoms with Crippen LogP contribution >= 0.6 is 0 Å². The van der Waals surface area contributed by atoms with E-state index in [-0.39, 0.29) is 52.4 Å². The first-order chi connectivity index (χ1) is 17.5. The number of hydrogen-bond donors (Lipinski definition) is 4. The van der Waals surface area contributed by atoms with Crippen LogP contribution in [0.4, 0.5) is 5.69 Å². The molecule has 0 bridgehead atoms. The third kappa shape index (κ3) is 6.98. The van der Waals surface area contributed by atoms with E-state index < -0.39 is 22.4 Å². The van der Waals surface area contributed by atoms with Gasteiger partial charge in [-0.15, -0.1) is 0 Å². The molecule has 11 heteroatoms. The highest BCUT2D eigenvalue weighted by molar-refractivity contribution is 5.93. The van der Waals surface area contributed by atoms with Crippen LogP contribution < -0.4 is 0 Å². The van der Waals surface area contributed by atoms with Gasteiger partial charge in [0.1, 0.15) is 11.5 Å². The van der Waals surface area contributed by atoms with Crippen molar-refractivity contribution in [2.75, 3.05) is 6.54 Å². The lowest BCUT2D eigenvalue weighted by Crippen LogP contribution is -2.29. The number of aromatic carboxylic acids is 2. The quantitative estimate of drug-likeness (QED) is 0.181. The average molecular weight is 505 g/mol. The van der Waals surface area contributed by atoms with Crippen LogP contribution in [0.25, 0.3) is 0 Å². The number of carboxylic acids is 2. The molecule has 37 heavy (non-hydrogen) atoms. The summed E-state index contributed by atoms with van der Waals surface area (Å²) in [5.41, 5.74) is -0.0455. The molecule has 4 N–H and O–H groups in total. The summed E-state index contributed by atoms with van der Waals surface area (Å²) in [4.78, 5) is 41.9. The van der Waals surface area contributed by atoms with Crippen molar-refractivity contribution in [3.05, 3.63) is 98.6 Å². The van der Waals surface area contributed by atoms with Crippen molar-refractivity contribution in [2.24, 2.45) is 9.98 Å². The standard InChI is InChI=1S/C26H23N3O8/c1-26(12-16-2-6-21(7-3-16)29(36)37,28-14-20-11-18(25(34)35)5-9-23(20)31)15-27-13-19-10-17(24(32)33)4-8-22(19)30/h2-11,13-14,30-31H,12,15H2,1H3,(H,32,33)(H,34,35). The number of aliphatic imine (C=N–C) groups is 2. The molecule has 0 aliphatic rings. The fourth-order valence-corrected chi connectivity index (χ4v) is 3.47. The van der Waals surface area contributed by atoms with Crippen LogP contribution in [-0.2, 0) is 6.42 Å². The van der Waals surface area contributed by atoms with Crippen molar-refractivity contribution < 1.29 is 34.9 Å². The number of nitro benzene ring substituents is 1. The molecule has 3 rings (SSSR count). The second kappa shape index (κ2) is 11.1. The molecule has 0 fully saturated rings. The molecule has 0 amide bonds. The minimum absolute atomic E-state index is 0.0281. The van der Waals surface area contributed by atoms with Crippen LogP contribution in [0, 0.1) is 10.1 Å². The summed E-state index contributed by atoms with van der Waals surface area (Å²) in [5, 5.41) is 49.6. The summed E-state index contributed by atoms with van der Waals surface area (Å²) in [6.07, 6.45) is 2.90. The van der Waals surface area contributed by atoms with Gasteiger partial charge in [0.15, 0.2) is 0 Å². The van der Waals surface area contributed by atoms with Crippen molar-refractivity contribution in [2.45, 2.75) is 18.9 Å². The van der Waals surface area contributed by atoms with Crippen molar-refractivity contribution in [1.29, 1.82) is 0 Å². The Bertz CT molecular complexity index is 1400. The molecule has 0 radical (unpaired) electrons. The smallest absolute Gasteiger partial charge is 0.335 e. The predicted molar refractivity (Wildman–Crippen MR) is 135 cm³/mol. The van der Waals surface area contributed by atoms with Crippen LogP contribution in [0.2, 0.25) is 0 Å². The normalized spacial score (nSPS) is 13.0. The summed E-state index contributed by atoms with van der Waals surface area (Å²) in [6, 6.07) is 13.4. The highest BCUT2D eigenvalue weighted by Gasteiger charge is 2.24. The van der Waals surface area contributed by atoms with Crippen molar-refractivity contribution in [1.82, 2.24) is 0 Å². The SMILES string of the molecule is CC(CN=Cc1cc(C(=O)O)ccc1O)(Cc1ccc([N+](=O)[O-])cc1)N=Cc1cc(C(=O)O)ccc1O. The van der Waals surface area contributed by atoms with Gasteiger partial charge in [0.25, 0.3) is 5.69 Å². The Morgan fingerprint density at radius 2 is 1.41 bits per heavy atom. The molecule has 0 aromatic heterocycles. The van der Waals surface area contributed by atoms with Crippen LogP contribution in [0.5, 0.6) is 11.5 Å². The molecule has 0 saturated heterocycles. The third-order valence-electron chi connectivity index (χ3n) is 5.46. The largest absolute Gasteiger partial charge is 0.507 e. The number of benzene rings is 3. The summed E-state index contributed by atoms with van der Waals surface area (Å²) in [5.74, 6) is -2.67. The van der Waals surface area contributed by atoms with Gasteiger partial charge in [0.2, 0.25) is 0 Å². The van der Waals surface area contributed by atoms with Crippen LogP contribution in [0.15, 0.2) is 70.6 Å².